The van der Waals surface area contributed by atoms with E-state index in [1.807, 2.05) is 0 Å². The van der Waals surface area contributed by atoms with E-state index in [9.17, 15) is 0 Å². The van der Waals surface area contributed by atoms with Crippen LogP contribution < -0.4 is 16.4 Å². The first-order chi connectivity index (χ1) is 19.7. The standard InChI is InChI=1S/C37H35BN2S/c1-22-8-10-29(11-9-22)32-16-17-33(37-36(32)39-41-40-37)30-12-14-31(15-13-30)38(34-25(4)18-23(2)19-26(34)5)35-27(6)20-24(3)21-28(35)7/h8-21H,1-7H3. The molecule has 41 heavy (non-hydrogen) atoms. The summed E-state index contributed by atoms with van der Waals surface area (Å²) in [6.45, 7) is 15.7. The zero-order chi connectivity index (χ0) is 28.8. The van der Waals surface area contributed by atoms with Crippen molar-refractivity contribution in [3.8, 4) is 22.3 Å². The van der Waals surface area contributed by atoms with E-state index in [4.69, 9.17) is 8.75 Å². The molecule has 0 fully saturated rings. The van der Waals surface area contributed by atoms with Crippen LogP contribution in [0.1, 0.15) is 38.9 Å². The molecule has 202 valence electrons. The molecule has 5 aromatic carbocycles. The van der Waals surface area contributed by atoms with Crippen molar-refractivity contribution < 1.29 is 0 Å². The fraction of sp³-hybridized carbons (Fsp3) is 0.189. The minimum absolute atomic E-state index is 0.162. The molecule has 6 aromatic rings. The quantitative estimate of drug-likeness (QED) is 0.206. The summed E-state index contributed by atoms with van der Waals surface area (Å²) in [5.41, 5.74) is 19.9. The van der Waals surface area contributed by atoms with Crippen LogP contribution >= 0.6 is 11.7 Å². The second-order valence-corrected chi connectivity index (χ2v) is 12.2. The van der Waals surface area contributed by atoms with E-state index in [2.05, 4.69) is 133 Å². The van der Waals surface area contributed by atoms with Crippen LogP contribution in [0.5, 0.6) is 0 Å². The molecule has 0 aliphatic carbocycles. The smallest absolute Gasteiger partial charge is 0.172 e. The largest absolute Gasteiger partial charge is 0.242 e. The molecule has 0 atom stereocenters. The van der Waals surface area contributed by atoms with Gasteiger partial charge < -0.3 is 0 Å². The molecule has 6 rings (SSSR count). The SMILES string of the molecule is Cc1ccc(-c2ccc(-c3ccc(B(c4c(C)cc(C)cc4C)c4c(C)cc(C)cc4C)cc3)c3nsnc23)cc1. The molecular weight excluding hydrogens is 515 g/mol. The maximum Gasteiger partial charge on any atom is 0.242 e. The van der Waals surface area contributed by atoms with E-state index < -0.39 is 0 Å². The summed E-state index contributed by atoms with van der Waals surface area (Å²) in [5.74, 6) is 0. The maximum absolute atomic E-state index is 4.74. The van der Waals surface area contributed by atoms with Crippen molar-refractivity contribution in [2.24, 2.45) is 0 Å². The summed E-state index contributed by atoms with van der Waals surface area (Å²) in [7, 11) is 0. The van der Waals surface area contributed by atoms with Gasteiger partial charge in [-0.2, -0.15) is 8.75 Å². The Hall–Kier alpha value is -4.02. The maximum atomic E-state index is 4.74. The molecule has 2 nitrogen and oxygen atoms in total. The van der Waals surface area contributed by atoms with Gasteiger partial charge in [-0.25, -0.2) is 0 Å². The minimum atomic E-state index is 0.162. The predicted octanol–water partition coefficient (Wildman–Crippen LogP) is 7.70. The van der Waals surface area contributed by atoms with E-state index >= 15 is 0 Å². The van der Waals surface area contributed by atoms with Crippen molar-refractivity contribution in [3.63, 3.8) is 0 Å². The second-order valence-electron chi connectivity index (χ2n) is 11.7. The number of hydrogen-bond acceptors (Lipinski definition) is 3. The van der Waals surface area contributed by atoms with Gasteiger partial charge >= 0.3 is 0 Å². The normalized spacial score (nSPS) is 11.3. The Labute approximate surface area is 248 Å². The topological polar surface area (TPSA) is 25.8 Å². The summed E-state index contributed by atoms with van der Waals surface area (Å²) >= 11 is 1.28. The lowest BCUT2D eigenvalue weighted by Crippen LogP contribution is -2.55. The van der Waals surface area contributed by atoms with Gasteiger partial charge in [0.2, 0.25) is 6.71 Å². The van der Waals surface area contributed by atoms with Crippen molar-refractivity contribution in [2.75, 3.05) is 0 Å². The zero-order valence-corrected chi connectivity index (χ0v) is 25.8. The van der Waals surface area contributed by atoms with Crippen molar-refractivity contribution in [3.05, 3.63) is 124 Å². The summed E-state index contributed by atoms with van der Waals surface area (Å²) in [6, 6.07) is 31.5. The summed E-state index contributed by atoms with van der Waals surface area (Å²) in [6.07, 6.45) is 0. The van der Waals surface area contributed by atoms with E-state index in [1.165, 1.54) is 72.6 Å². The first-order valence-electron chi connectivity index (χ1n) is 14.3. The number of hydrogen-bond donors (Lipinski definition) is 0. The molecule has 4 heteroatoms. The van der Waals surface area contributed by atoms with Gasteiger partial charge in [0.15, 0.2) is 0 Å². The van der Waals surface area contributed by atoms with Crippen LogP contribution in [0.3, 0.4) is 0 Å². The van der Waals surface area contributed by atoms with Crippen LogP contribution in [0.25, 0.3) is 33.3 Å². The van der Waals surface area contributed by atoms with E-state index in [-0.39, 0.29) is 6.71 Å². The van der Waals surface area contributed by atoms with Crippen LogP contribution in [0.4, 0.5) is 0 Å². The average Bonchev–Trinajstić information content (AvgIpc) is 3.42. The Morgan fingerprint density at radius 2 is 0.854 bits per heavy atom. The molecule has 0 saturated carbocycles. The summed E-state index contributed by atoms with van der Waals surface area (Å²) < 4.78 is 9.46. The van der Waals surface area contributed by atoms with Gasteiger partial charge in [-0.15, -0.1) is 0 Å². The average molecular weight is 551 g/mol. The molecule has 0 bridgehead atoms. The number of benzene rings is 5. The fourth-order valence-electron chi connectivity index (χ4n) is 6.69. The third kappa shape index (κ3) is 5.02. The van der Waals surface area contributed by atoms with Crippen molar-refractivity contribution >= 4 is 45.9 Å². The molecule has 0 saturated heterocycles. The van der Waals surface area contributed by atoms with E-state index in [0.29, 0.717) is 0 Å². The molecule has 0 radical (unpaired) electrons. The lowest BCUT2D eigenvalue weighted by atomic mass is 9.34. The zero-order valence-electron chi connectivity index (χ0n) is 25.0. The van der Waals surface area contributed by atoms with Gasteiger partial charge in [0.1, 0.15) is 11.0 Å². The summed E-state index contributed by atoms with van der Waals surface area (Å²) in [5, 5.41) is 0. The summed E-state index contributed by atoms with van der Waals surface area (Å²) in [4.78, 5) is 0. The molecule has 0 aliphatic rings. The van der Waals surface area contributed by atoms with Gasteiger partial charge in [-0.05, 0) is 59.6 Å². The Morgan fingerprint density at radius 3 is 1.27 bits per heavy atom. The number of nitrogens with zero attached hydrogens (tertiary/aromatic N) is 2. The monoisotopic (exact) mass is 550 g/mol. The number of rotatable bonds is 5. The van der Waals surface area contributed by atoms with Gasteiger partial charge in [0.05, 0.1) is 11.7 Å². The van der Waals surface area contributed by atoms with Crippen LogP contribution in [0.15, 0.2) is 84.9 Å². The molecule has 0 unspecified atom stereocenters. The molecule has 0 amide bonds. The number of fused-ring (bicyclic) bond motifs is 1. The van der Waals surface area contributed by atoms with Crippen molar-refractivity contribution in [2.45, 2.75) is 48.5 Å². The fourth-order valence-corrected chi connectivity index (χ4v) is 7.27. The lowest BCUT2D eigenvalue weighted by Gasteiger charge is -2.24. The predicted molar refractivity (Wildman–Crippen MR) is 179 cm³/mol. The third-order valence-electron chi connectivity index (χ3n) is 8.39. The first kappa shape index (κ1) is 27.2. The van der Waals surface area contributed by atoms with Crippen LogP contribution in [0.2, 0.25) is 0 Å². The Kier molecular flexibility index (Phi) is 7.13. The highest BCUT2D eigenvalue weighted by Gasteiger charge is 2.28. The van der Waals surface area contributed by atoms with Crippen LogP contribution in [0, 0.1) is 48.5 Å². The molecule has 1 heterocycles. The molecule has 0 aliphatic heterocycles. The molecule has 0 N–H and O–H groups in total. The number of aromatic nitrogens is 2. The first-order valence-corrected chi connectivity index (χ1v) is 15.0. The number of aryl methyl sites for hydroxylation is 7. The molecule has 1 aromatic heterocycles. The van der Waals surface area contributed by atoms with Crippen molar-refractivity contribution in [1.29, 1.82) is 0 Å². The second kappa shape index (κ2) is 10.8. The third-order valence-corrected chi connectivity index (χ3v) is 8.91. The van der Waals surface area contributed by atoms with Crippen LogP contribution in [-0.2, 0) is 0 Å². The highest BCUT2D eigenvalue weighted by molar-refractivity contribution is 7.00. The molecule has 0 spiro atoms. The van der Waals surface area contributed by atoms with Crippen LogP contribution in [-0.4, -0.2) is 15.5 Å². The lowest BCUT2D eigenvalue weighted by molar-refractivity contribution is 1.34. The van der Waals surface area contributed by atoms with Gasteiger partial charge in [0.25, 0.3) is 0 Å². The van der Waals surface area contributed by atoms with Gasteiger partial charge in [-0.1, -0.05) is 140 Å². The highest BCUT2D eigenvalue weighted by atomic mass is 32.1. The van der Waals surface area contributed by atoms with Crippen molar-refractivity contribution in [1.82, 2.24) is 8.75 Å². The van der Waals surface area contributed by atoms with Gasteiger partial charge in [-0.3, -0.25) is 0 Å². The minimum Gasteiger partial charge on any atom is -0.172 e. The van der Waals surface area contributed by atoms with Gasteiger partial charge in [0, 0.05) is 11.1 Å². The Balaban J connectivity index is 1.47. The van der Waals surface area contributed by atoms with E-state index in [0.717, 1.165) is 27.7 Å². The Morgan fingerprint density at radius 1 is 0.463 bits per heavy atom. The van der Waals surface area contributed by atoms with E-state index in [1.54, 1.807) is 0 Å². The highest BCUT2D eigenvalue weighted by Crippen LogP contribution is 2.34. The Bertz CT molecular complexity index is 1800. The molecular formula is C37H35BN2S.